The molecule has 2 aromatic carbocycles. The zero-order valence-corrected chi connectivity index (χ0v) is 18.1. The lowest BCUT2D eigenvalue weighted by Crippen LogP contribution is -2.30. The van der Waals surface area contributed by atoms with Crippen molar-refractivity contribution in [2.24, 2.45) is 0 Å². The van der Waals surface area contributed by atoms with E-state index < -0.39 is 22.0 Å². The zero-order valence-electron chi connectivity index (χ0n) is 15.8. The average molecular weight is 469 g/mol. The van der Waals surface area contributed by atoms with Crippen molar-refractivity contribution < 1.29 is 22.4 Å². The van der Waals surface area contributed by atoms with Crippen molar-refractivity contribution in [2.75, 3.05) is 5.32 Å². The quantitative estimate of drug-likeness (QED) is 0.508. The standard InChI is InChI=1S/C20H18Cl2N2O5S/c1-13(29-19-9-4-14(21)11-18(19)22)20(25)24-15-5-7-17(8-6-15)30(26,27)23-12-16-3-2-10-28-16/h2-11,13,23H,12H2,1H3,(H,24,25). The number of ether oxygens (including phenoxy) is 1. The molecule has 0 bridgehead atoms. The highest BCUT2D eigenvalue weighted by Gasteiger charge is 2.18. The van der Waals surface area contributed by atoms with E-state index in [2.05, 4.69) is 10.0 Å². The number of carbonyl (C=O) groups is 1. The number of halogens is 2. The molecule has 158 valence electrons. The van der Waals surface area contributed by atoms with Gasteiger partial charge < -0.3 is 14.5 Å². The van der Waals surface area contributed by atoms with Crippen LogP contribution in [-0.2, 0) is 21.4 Å². The molecule has 1 unspecified atom stereocenters. The number of sulfonamides is 1. The Hall–Kier alpha value is -2.52. The summed E-state index contributed by atoms with van der Waals surface area (Å²) in [5.74, 6) is 0.401. The molecule has 0 fully saturated rings. The highest BCUT2D eigenvalue weighted by Crippen LogP contribution is 2.28. The van der Waals surface area contributed by atoms with Gasteiger partial charge in [-0.25, -0.2) is 13.1 Å². The van der Waals surface area contributed by atoms with E-state index >= 15 is 0 Å². The van der Waals surface area contributed by atoms with Crippen LogP contribution < -0.4 is 14.8 Å². The summed E-state index contributed by atoms with van der Waals surface area (Å²) in [7, 11) is -3.72. The maximum atomic E-state index is 12.4. The Bertz CT molecular complexity index is 1120. The summed E-state index contributed by atoms with van der Waals surface area (Å²) in [4.78, 5) is 12.4. The Kier molecular flexibility index (Phi) is 7.04. The van der Waals surface area contributed by atoms with Gasteiger partial charge in [-0.15, -0.1) is 0 Å². The molecular weight excluding hydrogens is 451 g/mol. The molecule has 0 radical (unpaired) electrons. The molecule has 30 heavy (non-hydrogen) atoms. The maximum Gasteiger partial charge on any atom is 0.265 e. The number of hydrogen-bond donors (Lipinski definition) is 2. The van der Waals surface area contributed by atoms with Gasteiger partial charge in [0.25, 0.3) is 5.91 Å². The largest absolute Gasteiger partial charge is 0.479 e. The molecule has 0 aliphatic heterocycles. The molecule has 10 heteroatoms. The number of amides is 1. The second-order valence-corrected chi connectivity index (χ2v) is 8.86. The monoisotopic (exact) mass is 468 g/mol. The summed E-state index contributed by atoms with van der Waals surface area (Å²) in [5, 5.41) is 3.41. The van der Waals surface area contributed by atoms with Crippen molar-refractivity contribution in [1.29, 1.82) is 0 Å². The molecule has 2 N–H and O–H groups in total. The van der Waals surface area contributed by atoms with Crippen molar-refractivity contribution in [3.8, 4) is 5.75 Å². The maximum absolute atomic E-state index is 12.4. The number of rotatable bonds is 8. The molecule has 0 spiro atoms. The van der Waals surface area contributed by atoms with Gasteiger partial charge in [-0.2, -0.15) is 0 Å². The van der Waals surface area contributed by atoms with Gasteiger partial charge in [-0.05, 0) is 61.5 Å². The number of carbonyl (C=O) groups excluding carboxylic acids is 1. The fourth-order valence-corrected chi connectivity index (χ4v) is 3.89. The lowest BCUT2D eigenvalue weighted by molar-refractivity contribution is -0.122. The van der Waals surface area contributed by atoms with Crippen LogP contribution in [0.1, 0.15) is 12.7 Å². The predicted octanol–water partition coefficient (Wildman–Crippen LogP) is 4.47. The third-order valence-electron chi connectivity index (χ3n) is 4.02. The van der Waals surface area contributed by atoms with Crippen LogP contribution in [-0.4, -0.2) is 20.4 Å². The Morgan fingerprint density at radius 1 is 1.13 bits per heavy atom. The van der Waals surface area contributed by atoms with Gasteiger partial charge in [0, 0.05) is 10.7 Å². The third-order valence-corrected chi connectivity index (χ3v) is 5.96. The van der Waals surface area contributed by atoms with E-state index in [0.717, 1.165) is 0 Å². The molecule has 1 heterocycles. The number of furan rings is 1. The molecule has 1 amide bonds. The molecule has 0 aliphatic rings. The molecule has 7 nitrogen and oxygen atoms in total. The Balaban J connectivity index is 1.59. The van der Waals surface area contributed by atoms with Crippen molar-refractivity contribution in [1.82, 2.24) is 4.72 Å². The fraction of sp³-hybridized carbons (Fsp3) is 0.150. The van der Waals surface area contributed by atoms with Crippen molar-refractivity contribution in [3.63, 3.8) is 0 Å². The van der Waals surface area contributed by atoms with Crippen molar-refractivity contribution in [2.45, 2.75) is 24.5 Å². The highest BCUT2D eigenvalue weighted by molar-refractivity contribution is 7.89. The Morgan fingerprint density at radius 3 is 2.50 bits per heavy atom. The van der Waals surface area contributed by atoms with E-state index in [1.54, 1.807) is 31.2 Å². The number of benzene rings is 2. The average Bonchev–Trinajstić information content (AvgIpc) is 3.23. The summed E-state index contributed by atoms with van der Waals surface area (Å²) in [6, 6.07) is 13.8. The first-order chi connectivity index (χ1) is 14.2. The molecule has 1 aromatic heterocycles. The van der Waals surface area contributed by atoms with Gasteiger partial charge in [0.2, 0.25) is 10.0 Å². The van der Waals surface area contributed by atoms with E-state index in [-0.39, 0.29) is 11.4 Å². The van der Waals surface area contributed by atoms with Crippen LogP contribution in [0.2, 0.25) is 10.0 Å². The Morgan fingerprint density at radius 2 is 1.87 bits per heavy atom. The van der Waals surface area contributed by atoms with Gasteiger partial charge in [-0.3, -0.25) is 4.79 Å². The van der Waals surface area contributed by atoms with Crippen molar-refractivity contribution >= 4 is 44.8 Å². The van der Waals surface area contributed by atoms with Gasteiger partial charge in [-0.1, -0.05) is 23.2 Å². The summed E-state index contributed by atoms with van der Waals surface area (Å²) in [5.41, 5.74) is 0.419. The molecule has 0 aliphatic carbocycles. The second-order valence-electron chi connectivity index (χ2n) is 6.25. The van der Waals surface area contributed by atoms with Crippen molar-refractivity contribution in [3.05, 3.63) is 76.7 Å². The van der Waals surface area contributed by atoms with E-state index in [9.17, 15) is 13.2 Å². The minimum absolute atomic E-state index is 0.0376. The molecular formula is C20H18Cl2N2O5S. The number of anilines is 1. The summed E-state index contributed by atoms with van der Waals surface area (Å²) < 4.78 is 37.8. The molecule has 3 rings (SSSR count). The van der Waals surface area contributed by atoms with Crippen LogP contribution >= 0.6 is 23.2 Å². The number of hydrogen-bond acceptors (Lipinski definition) is 5. The predicted molar refractivity (Wildman–Crippen MR) is 114 cm³/mol. The van der Waals surface area contributed by atoms with E-state index in [1.165, 1.54) is 36.6 Å². The number of nitrogens with one attached hydrogen (secondary N) is 2. The van der Waals surface area contributed by atoms with Gasteiger partial charge in [0.1, 0.15) is 11.5 Å². The fourth-order valence-electron chi connectivity index (χ4n) is 2.44. The van der Waals surface area contributed by atoms with Gasteiger partial charge in [0.05, 0.1) is 22.7 Å². The lowest BCUT2D eigenvalue weighted by atomic mass is 10.3. The molecule has 3 aromatic rings. The highest BCUT2D eigenvalue weighted by atomic mass is 35.5. The topological polar surface area (TPSA) is 97.6 Å². The zero-order chi connectivity index (χ0) is 21.7. The van der Waals surface area contributed by atoms with E-state index in [0.29, 0.717) is 27.2 Å². The molecule has 0 saturated heterocycles. The summed E-state index contributed by atoms with van der Waals surface area (Å²) in [6.45, 7) is 1.60. The first-order valence-corrected chi connectivity index (χ1v) is 11.0. The van der Waals surface area contributed by atoms with Gasteiger partial charge in [0.15, 0.2) is 6.10 Å². The minimum Gasteiger partial charge on any atom is -0.479 e. The molecule has 0 saturated carbocycles. The second kappa shape index (κ2) is 9.53. The SMILES string of the molecule is CC(Oc1ccc(Cl)cc1Cl)C(=O)Nc1ccc(S(=O)(=O)NCc2ccco2)cc1. The van der Waals surface area contributed by atoms with Crippen LogP contribution in [0.5, 0.6) is 5.75 Å². The summed E-state index contributed by atoms with van der Waals surface area (Å²) in [6.07, 6.45) is 0.620. The van der Waals surface area contributed by atoms with Gasteiger partial charge >= 0.3 is 0 Å². The lowest BCUT2D eigenvalue weighted by Gasteiger charge is -2.16. The first-order valence-electron chi connectivity index (χ1n) is 8.79. The van der Waals surface area contributed by atoms with Crippen LogP contribution in [0.15, 0.2) is 70.2 Å². The van der Waals surface area contributed by atoms with E-state index in [1.807, 2.05) is 0 Å². The van der Waals surface area contributed by atoms with Crippen LogP contribution in [0.4, 0.5) is 5.69 Å². The molecule has 1 atom stereocenters. The minimum atomic E-state index is -3.72. The van der Waals surface area contributed by atoms with Crippen LogP contribution in [0.25, 0.3) is 0 Å². The normalized spacial score (nSPS) is 12.4. The van der Waals surface area contributed by atoms with E-state index in [4.69, 9.17) is 32.4 Å². The smallest absolute Gasteiger partial charge is 0.265 e. The summed E-state index contributed by atoms with van der Waals surface area (Å²) >= 11 is 11.9. The Labute approximate surface area is 184 Å². The third kappa shape index (κ3) is 5.76. The van der Waals surface area contributed by atoms with Crippen LogP contribution in [0, 0.1) is 0 Å². The first kappa shape index (κ1) is 22.2. The van der Waals surface area contributed by atoms with Crippen LogP contribution in [0.3, 0.4) is 0 Å².